The van der Waals surface area contributed by atoms with Crippen LogP contribution in [0.5, 0.6) is 5.75 Å². The molecule has 0 spiro atoms. The molecule has 0 aliphatic heterocycles. The molecule has 24 heavy (non-hydrogen) atoms. The highest BCUT2D eigenvalue weighted by atomic mass is 35.5. The minimum absolute atomic E-state index is 0. The van der Waals surface area contributed by atoms with Crippen molar-refractivity contribution in [2.24, 2.45) is 5.73 Å². The number of nitrogens with two attached hydrogens (primary N) is 1. The van der Waals surface area contributed by atoms with Crippen molar-refractivity contribution in [3.63, 3.8) is 0 Å². The van der Waals surface area contributed by atoms with E-state index in [9.17, 15) is 39.5 Å². The van der Waals surface area contributed by atoms with E-state index in [0.717, 1.165) is 7.11 Å². The third-order valence-electron chi connectivity index (χ3n) is 2.82. The molecule has 0 heterocycles. The standard InChI is InChI=1S/C12H10F9NO.ClH/c1-23-8-3-5(11(16,17)18)2-6(12(19,20)21)9(8)7(22)4-10(13,14)15;/h2-3,7H,4,22H2,1H3;1H/t7-;/m0./s1. The van der Waals surface area contributed by atoms with Gasteiger partial charge in [-0.2, -0.15) is 39.5 Å². The van der Waals surface area contributed by atoms with Crippen molar-refractivity contribution in [1.82, 2.24) is 0 Å². The second kappa shape index (κ2) is 7.26. The molecule has 0 aliphatic rings. The average molecular weight is 392 g/mol. The van der Waals surface area contributed by atoms with Gasteiger partial charge in [0, 0.05) is 11.6 Å². The van der Waals surface area contributed by atoms with Crippen LogP contribution in [0.1, 0.15) is 29.2 Å². The predicted octanol–water partition coefficient (Wildman–Crippen LogP) is 5.11. The van der Waals surface area contributed by atoms with Crippen molar-refractivity contribution in [3.05, 3.63) is 28.8 Å². The zero-order chi connectivity index (χ0) is 18.2. The summed E-state index contributed by atoms with van der Waals surface area (Å²) in [5, 5.41) is 0. The van der Waals surface area contributed by atoms with Gasteiger partial charge in [-0.1, -0.05) is 0 Å². The Hall–Kier alpha value is -1.36. The summed E-state index contributed by atoms with van der Waals surface area (Å²) in [4.78, 5) is 0. The van der Waals surface area contributed by atoms with Crippen LogP contribution in [0.3, 0.4) is 0 Å². The van der Waals surface area contributed by atoms with Crippen LogP contribution >= 0.6 is 12.4 Å². The lowest BCUT2D eigenvalue weighted by molar-refractivity contribution is -0.147. The zero-order valence-electron chi connectivity index (χ0n) is 11.7. The molecule has 0 radical (unpaired) electrons. The summed E-state index contributed by atoms with van der Waals surface area (Å²) >= 11 is 0. The second-order valence-electron chi connectivity index (χ2n) is 4.56. The average Bonchev–Trinajstić information content (AvgIpc) is 2.32. The summed E-state index contributed by atoms with van der Waals surface area (Å²) in [6.07, 6.45) is -17.2. The van der Waals surface area contributed by atoms with Crippen molar-refractivity contribution in [1.29, 1.82) is 0 Å². The van der Waals surface area contributed by atoms with Crippen LogP contribution in [0.25, 0.3) is 0 Å². The fourth-order valence-electron chi connectivity index (χ4n) is 1.93. The first kappa shape index (κ1) is 22.6. The predicted molar refractivity (Wildman–Crippen MR) is 67.8 cm³/mol. The molecule has 12 heteroatoms. The van der Waals surface area contributed by atoms with E-state index in [-0.39, 0.29) is 24.5 Å². The minimum Gasteiger partial charge on any atom is -0.496 e. The lowest BCUT2D eigenvalue weighted by Crippen LogP contribution is -2.25. The van der Waals surface area contributed by atoms with Crippen molar-refractivity contribution >= 4 is 12.4 Å². The first-order chi connectivity index (χ1) is 10.2. The van der Waals surface area contributed by atoms with Gasteiger partial charge in [0.15, 0.2) is 0 Å². The van der Waals surface area contributed by atoms with Gasteiger partial charge in [-0.05, 0) is 12.1 Å². The summed E-state index contributed by atoms with van der Waals surface area (Å²) in [6.45, 7) is 0. The second-order valence-corrected chi connectivity index (χ2v) is 4.56. The SMILES string of the molecule is COc1cc(C(F)(F)F)cc(C(F)(F)F)c1[C@@H](N)CC(F)(F)F.Cl. The first-order valence-electron chi connectivity index (χ1n) is 5.85. The van der Waals surface area contributed by atoms with Crippen LogP contribution < -0.4 is 10.5 Å². The van der Waals surface area contributed by atoms with Crippen LogP contribution in [0.2, 0.25) is 0 Å². The number of methoxy groups -OCH3 is 1. The molecule has 0 aromatic heterocycles. The zero-order valence-corrected chi connectivity index (χ0v) is 12.6. The highest BCUT2D eigenvalue weighted by molar-refractivity contribution is 5.85. The van der Waals surface area contributed by atoms with Crippen molar-refractivity contribution in [3.8, 4) is 5.75 Å². The highest BCUT2D eigenvalue weighted by Crippen LogP contribution is 2.44. The van der Waals surface area contributed by atoms with E-state index in [1.54, 1.807) is 0 Å². The number of rotatable bonds is 3. The molecular weight excluding hydrogens is 381 g/mol. The van der Waals surface area contributed by atoms with E-state index in [1.807, 2.05) is 0 Å². The van der Waals surface area contributed by atoms with Gasteiger partial charge in [0.2, 0.25) is 0 Å². The Morgan fingerprint density at radius 3 is 1.79 bits per heavy atom. The Bertz CT molecular complexity index is 565. The Balaban J connectivity index is 0.00000529. The van der Waals surface area contributed by atoms with Crippen LogP contribution in [-0.2, 0) is 12.4 Å². The maximum atomic E-state index is 13.0. The molecule has 1 aromatic carbocycles. The van der Waals surface area contributed by atoms with Crippen LogP contribution in [0.4, 0.5) is 39.5 Å². The maximum Gasteiger partial charge on any atom is 0.416 e. The number of benzene rings is 1. The molecular formula is C12H11ClF9NO. The van der Waals surface area contributed by atoms with Gasteiger partial charge >= 0.3 is 18.5 Å². The van der Waals surface area contributed by atoms with Gasteiger partial charge in [0.25, 0.3) is 0 Å². The molecule has 0 unspecified atom stereocenters. The van der Waals surface area contributed by atoms with Crippen LogP contribution in [-0.4, -0.2) is 13.3 Å². The van der Waals surface area contributed by atoms with Crippen molar-refractivity contribution < 1.29 is 44.3 Å². The number of halogens is 10. The van der Waals surface area contributed by atoms with Gasteiger partial charge in [0.1, 0.15) is 5.75 Å². The highest BCUT2D eigenvalue weighted by Gasteiger charge is 2.43. The molecule has 0 amide bonds. The normalized spacial score (nSPS) is 14.1. The molecule has 0 fully saturated rings. The van der Waals surface area contributed by atoms with Crippen LogP contribution in [0, 0.1) is 0 Å². The summed E-state index contributed by atoms with van der Waals surface area (Å²) in [7, 11) is 0.736. The number of hydrogen-bond acceptors (Lipinski definition) is 2. The molecule has 1 rings (SSSR count). The third kappa shape index (κ3) is 5.62. The number of alkyl halides is 9. The van der Waals surface area contributed by atoms with Gasteiger partial charge in [-0.25, -0.2) is 0 Å². The van der Waals surface area contributed by atoms with E-state index in [4.69, 9.17) is 5.73 Å². The fraction of sp³-hybridized carbons (Fsp3) is 0.500. The third-order valence-corrected chi connectivity index (χ3v) is 2.82. The molecule has 2 N–H and O–H groups in total. The van der Waals surface area contributed by atoms with Crippen LogP contribution in [0.15, 0.2) is 12.1 Å². The number of ether oxygens (including phenoxy) is 1. The Morgan fingerprint density at radius 1 is 0.958 bits per heavy atom. The van der Waals surface area contributed by atoms with Crippen molar-refractivity contribution in [2.45, 2.75) is 31.0 Å². The molecule has 140 valence electrons. The topological polar surface area (TPSA) is 35.2 Å². The van der Waals surface area contributed by atoms with E-state index in [2.05, 4.69) is 4.74 Å². The molecule has 2 nitrogen and oxygen atoms in total. The molecule has 0 aliphatic carbocycles. The summed E-state index contributed by atoms with van der Waals surface area (Å²) in [5.41, 5.74) is 0.337. The Morgan fingerprint density at radius 2 is 1.46 bits per heavy atom. The summed E-state index contributed by atoms with van der Waals surface area (Å²) in [6, 6.07) is -2.33. The van der Waals surface area contributed by atoms with Gasteiger partial charge in [-0.3, -0.25) is 0 Å². The lowest BCUT2D eigenvalue weighted by atomic mass is 9.94. The molecule has 0 saturated heterocycles. The maximum absolute atomic E-state index is 13.0. The van der Waals surface area contributed by atoms with Gasteiger partial charge < -0.3 is 10.5 Å². The van der Waals surface area contributed by atoms with Crippen molar-refractivity contribution in [2.75, 3.05) is 7.11 Å². The lowest BCUT2D eigenvalue weighted by Gasteiger charge is -2.23. The van der Waals surface area contributed by atoms with E-state index in [1.165, 1.54) is 0 Å². The molecule has 1 aromatic rings. The monoisotopic (exact) mass is 391 g/mol. The quantitative estimate of drug-likeness (QED) is 0.727. The van der Waals surface area contributed by atoms with E-state index in [0.29, 0.717) is 0 Å². The Kier molecular flexibility index (Phi) is 6.85. The largest absolute Gasteiger partial charge is 0.496 e. The minimum atomic E-state index is -5.34. The van der Waals surface area contributed by atoms with E-state index >= 15 is 0 Å². The molecule has 0 saturated carbocycles. The van der Waals surface area contributed by atoms with Gasteiger partial charge in [-0.15, -0.1) is 12.4 Å². The fourth-order valence-corrected chi connectivity index (χ4v) is 1.93. The summed E-state index contributed by atoms with van der Waals surface area (Å²) < 4.78 is 118. The first-order valence-corrected chi connectivity index (χ1v) is 5.85. The Labute approximate surface area is 136 Å². The van der Waals surface area contributed by atoms with Gasteiger partial charge in [0.05, 0.1) is 24.7 Å². The molecule has 1 atom stereocenters. The van der Waals surface area contributed by atoms with E-state index < -0.39 is 53.4 Å². The molecule has 0 bridgehead atoms. The summed E-state index contributed by atoms with van der Waals surface area (Å²) in [5.74, 6) is -1.01. The number of hydrogen-bond donors (Lipinski definition) is 1. The smallest absolute Gasteiger partial charge is 0.416 e.